The molecule has 0 atom stereocenters. The Balaban J connectivity index is 2.40. The number of carbonyl (C=O) groups is 2. The minimum Gasteiger partial charge on any atom is -0.508 e. The van der Waals surface area contributed by atoms with E-state index in [2.05, 4.69) is 0 Å². The molecule has 21 heavy (non-hydrogen) atoms. The molecule has 0 bridgehead atoms. The van der Waals surface area contributed by atoms with Crippen LogP contribution in [-0.2, 0) is 4.79 Å². The number of carbonyl (C=O) groups excluding carboxylic acids is 1. The van der Waals surface area contributed by atoms with Crippen molar-refractivity contribution < 1.29 is 19.8 Å². The van der Waals surface area contributed by atoms with Crippen LogP contribution >= 0.6 is 34.5 Å². The summed E-state index contributed by atoms with van der Waals surface area (Å²) >= 11 is 12.8. The van der Waals surface area contributed by atoms with Gasteiger partial charge in [-0.15, -0.1) is 11.3 Å². The van der Waals surface area contributed by atoms with Gasteiger partial charge in [-0.05, 0) is 30.3 Å². The maximum atomic E-state index is 12.5. The monoisotopic (exact) mass is 345 g/mol. The number of hydrogen-bond acceptors (Lipinski definition) is 4. The molecule has 1 aromatic heterocycles. The molecular formula is C13H9Cl2NO4S. The zero-order valence-corrected chi connectivity index (χ0v) is 12.7. The van der Waals surface area contributed by atoms with E-state index in [0.29, 0.717) is 10.0 Å². The lowest BCUT2D eigenvalue weighted by Gasteiger charge is -2.20. The quantitative estimate of drug-likeness (QED) is 0.888. The van der Waals surface area contributed by atoms with E-state index in [4.69, 9.17) is 28.3 Å². The van der Waals surface area contributed by atoms with E-state index in [9.17, 15) is 14.7 Å². The number of anilines is 1. The van der Waals surface area contributed by atoms with Crippen LogP contribution in [0.5, 0.6) is 5.75 Å². The smallest absolute Gasteiger partial charge is 0.323 e. The van der Waals surface area contributed by atoms with Gasteiger partial charge in [0.1, 0.15) is 16.6 Å². The summed E-state index contributed by atoms with van der Waals surface area (Å²) in [7, 11) is 0. The molecule has 0 spiro atoms. The van der Waals surface area contributed by atoms with Gasteiger partial charge >= 0.3 is 5.97 Å². The fourth-order valence-corrected chi connectivity index (χ4v) is 3.13. The van der Waals surface area contributed by atoms with Crippen LogP contribution in [0.4, 0.5) is 5.69 Å². The summed E-state index contributed by atoms with van der Waals surface area (Å²) in [5.74, 6) is -1.73. The van der Waals surface area contributed by atoms with E-state index in [1.54, 1.807) is 0 Å². The average molecular weight is 346 g/mol. The lowest BCUT2D eigenvalue weighted by molar-refractivity contribution is -0.135. The molecular weight excluding hydrogens is 337 g/mol. The molecule has 1 amide bonds. The fourth-order valence-electron chi connectivity index (χ4n) is 1.68. The van der Waals surface area contributed by atoms with E-state index >= 15 is 0 Å². The van der Waals surface area contributed by atoms with Crippen molar-refractivity contribution in [1.29, 1.82) is 0 Å². The summed E-state index contributed by atoms with van der Waals surface area (Å²) in [5, 5.41) is 18.2. The Morgan fingerprint density at radius 3 is 2.29 bits per heavy atom. The minimum absolute atomic E-state index is 0.0121. The lowest BCUT2D eigenvalue weighted by atomic mass is 10.2. The van der Waals surface area contributed by atoms with Crippen LogP contribution in [0.25, 0.3) is 0 Å². The number of amides is 1. The van der Waals surface area contributed by atoms with Gasteiger partial charge in [0.15, 0.2) is 0 Å². The summed E-state index contributed by atoms with van der Waals surface area (Å²) in [6, 6.07) is 7.00. The van der Waals surface area contributed by atoms with Crippen molar-refractivity contribution in [3.63, 3.8) is 0 Å². The van der Waals surface area contributed by atoms with Crippen molar-refractivity contribution in [3.05, 3.63) is 44.6 Å². The van der Waals surface area contributed by atoms with Crippen LogP contribution < -0.4 is 4.90 Å². The van der Waals surface area contributed by atoms with Crippen molar-refractivity contribution in [3.8, 4) is 5.75 Å². The predicted octanol–water partition coefficient (Wildman–Crippen LogP) is 3.49. The van der Waals surface area contributed by atoms with Crippen LogP contribution in [0.15, 0.2) is 30.3 Å². The number of carboxylic acids is 1. The van der Waals surface area contributed by atoms with Gasteiger partial charge < -0.3 is 10.2 Å². The Morgan fingerprint density at radius 1 is 1.19 bits per heavy atom. The normalized spacial score (nSPS) is 10.4. The molecule has 1 aromatic carbocycles. The number of phenolic OH excluding ortho intramolecular Hbond substituents is 1. The summed E-state index contributed by atoms with van der Waals surface area (Å²) in [6.07, 6.45) is 0. The largest absolute Gasteiger partial charge is 0.508 e. The Morgan fingerprint density at radius 2 is 1.81 bits per heavy atom. The summed E-state index contributed by atoms with van der Waals surface area (Å²) in [5.41, 5.74) is 0.472. The standard InChI is InChI=1S/C13H9Cl2NO4S/c14-10-5-9(12(15)21-10)13(20)16(6-11(18)19)7-1-3-8(17)4-2-7/h1-5,17H,6H2,(H,18,19). The van der Waals surface area contributed by atoms with E-state index < -0.39 is 18.4 Å². The molecule has 0 radical (unpaired) electrons. The third-order valence-electron chi connectivity index (χ3n) is 2.59. The summed E-state index contributed by atoms with van der Waals surface area (Å²) in [4.78, 5) is 24.5. The number of phenols is 1. The van der Waals surface area contributed by atoms with E-state index in [0.717, 1.165) is 16.2 Å². The lowest BCUT2D eigenvalue weighted by Crippen LogP contribution is -2.35. The highest BCUT2D eigenvalue weighted by Crippen LogP contribution is 2.33. The number of aliphatic carboxylic acids is 1. The van der Waals surface area contributed by atoms with Gasteiger partial charge in [0, 0.05) is 5.69 Å². The number of carboxylic acid groups (broad SMARTS) is 1. The number of thiophene rings is 1. The van der Waals surface area contributed by atoms with Crippen molar-refractivity contribution in [1.82, 2.24) is 0 Å². The molecule has 0 aliphatic rings. The molecule has 2 N–H and O–H groups in total. The summed E-state index contributed by atoms with van der Waals surface area (Å²) < 4.78 is 0.531. The molecule has 0 unspecified atom stereocenters. The van der Waals surface area contributed by atoms with Gasteiger partial charge in [0.25, 0.3) is 5.91 Å². The fraction of sp³-hybridized carbons (Fsp3) is 0.0769. The molecule has 2 rings (SSSR count). The number of hydrogen-bond donors (Lipinski definition) is 2. The van der Waals surface area contributed by atoms with Gasteiger partial charge in [-0.2, -0.15) is 0 Å². The molecule has 2 aromatic rings. The van der Waals surface area contributed by atoms with Gasteiger partial charge in [-0.1, -0.05) is 23.2 Å². The van der Waals surface area contributed by atoms with Crippen LogP contribution in [0.2, 0.25) is 8.67 Å². The highest BCUT2D eigenvalue weighted by Gasteiger charge is 2.24. The summed E-state index contributed by atoms with van der Waals surface area (Å²) in [6.45, 7) is -0.534. The molecule has 8 heteroatoms. The van der Waals surface area contributed by atoms with Crippen molar-refractivity contribution in [2.24, 2.45) is 0 Å². The van der Waals surface area contributed by atoms with Gasteiger partial charge in [0.2, 0.25) is 0 Å². The first-order chi connectivity index (χ1) is 9.88. The maximum absolute atomic E-state index is 12.5. The van der Waals surface area contributed by atoms with Crippen LogP contribution in [0, 0.1) is 0 Å². The number of benzene rings is 1. The third-order valence-corrected chi connectivity index (χ3v) is 4.07. The number of aromatic hydroxyl groups is 1. The van der Waals surface area contributed by atoms with E-state index in [1.807, 2.05) is 0 Å². The first-order valence-corrected chi connectivity index (χ1v) is 7.23. The molecule has 0 saturated carbocycles. The Labute approximate surface area is 134 Å². The van der Waals surface area contributed by atoms with Gasteiger partial charge in [0.05, 0.1) is 9.90 Å². The van der Waals surface area contributed by atoms with Crippen molar-refractivity contribution in [2.75, 3.05) is 11.4 Å². The molecule has 110 valence electrons. The SMILES string of the molecule is O=C(O)CN(C(=O)c1cc(Cl)sc1Cl)c1ccc(O)cc1. The first kappa shape index (κ1) is 15.6. The third kappa shape index (κ3) is 3.66. The molecule has 0 saturated heterocycles. The zero-order chi connectivity index (χ0) is 15.6. The zero-order valence-electron chi connectivity index (χ0n) is 10.4. The Hall–Kier alpha value is -1.76. The van der Waals surface area contributed by atoms with Crippen LogP contribution in [0.1, 0.15) is 10.4 Å². The second-order valence-corrected chi connectivity index (χ2v) is 6.32. The van der Waals surface area contributed by atoms with Gasteiger partial charge in [-0.25, -0.2) is 0 Å². The van der Waals surface area contributed by atoms with E-state index in [1.165, 1.54) is 30.3 Å². The van der Waals surface area contributed by atoms with Gasteiger partial charge in [-0.3, -0.25) is 14.5 Å². The number of rotatable bonds is 4. The Bertz CT molecular complexity index is 684. The molecule has 0 aliphatic carbocycles. The maximum Gasteiger partial charge on any atom is 0.323 e. The predicted molar refractivity (Wildman–Crippen MR) is 81.8 cm³/mol. The minimum atomic E-state index is -1.17. The second-order valence-electron chi connectivity index (χ2n) is 4.04. The first-order valence-electron chi connectivity index (χ1n) is 5.66. The number of halogens is 2. The molecule has 0 fully saturated rings. The van der Waals surface area contributed by atoms with E-state index in [-0.39, 0.29) is 15.6 Å². The van der Waals surface area contributed by atoms with Crippen molar-refractivity contribution >= 4 is 52.1 Å². The van der Waals surface area contributed by atoms with Crippen LogP contribution in [-0.4, -0.2) is 28.6 Å². The van der Waals surface area contributed by atoms with Crippen molar-refractivity contribution in [2.45, 2.75) is 0 Å². The molecule has 0 aliphatic heterocycles. The number of nitrogens with zero attached hydrogens (tertiary/aromatic N) is 1. The Kier molecular flexibility index (Phi) is 4.72. The second kappa shape index (κ2) is 6.34. The molecule has 1 heterocycles. The average Bonchev–Trinajstić information content (AvgIpc) is 2.75. The molecule has 5 nitrogen and oxygen atoms in total. The highest BCUT2D eigenvalue weighted by molar-refractivity contribution is 7.20. The van der Waals surface area contributed by atoms with Crippen LogP contribution in [0.3, 0.4) is 0 Å². The topological polar surface area (TPSA) is 77.8 Å². The highest BCUT2D eigenvalue weighted by atomic mass is 35.5.